The van der Waals surface area contributed by atoms with E-state index in [4.69, 9.17) is 18.6 Å². The van der Waals surface area contributed by atoms with Crippen LogP contribution < -0.4 is 10.9 Å². The summed E-state index contributed by atoms with van der Waals surface area (Å²) in [7, 11) is -1.27. The highest BCUT2D eigenvalue weighted by Gasteiger charge is 2.53. The fraction of sp³-hybridized carbons (Fsp3) is 0.647. The lowest BCUT2D eigenvalue weighted by molar-refractivity contribution is 0.00578. The van der Waals surface area contributed by atoms with Crippen molar-refractivity contribution in [2.45, 2.75) is 71.4 Å². The Labute approximate surface area is 144 Å². The molecule has 2 aliphatic rings. The summed E-state index contributed by atoms with van der Waals surface area (Å²) in [6.45, 7) is 13.7. The largest absolute Gasteiger partial charge is 0.497 e. The second-order valence-corrected chi connectivity index (χ2v) is 8.20. The Bertz CT molecular complexity index is 631. The first-order valence-corrected chi connectivity index (χ1v) is 8.41. The Morgan fingerprint density at radius 3 is 2.00 bits per heavy atom. The lowest BCUT2D eigenvalue weighted by Gasteiger charge is -2.32. The van der Waals surface area contributed by atoms with Gasteiger partial charge in [0.1, 0.15) is 5.82 Å². The van der Waals surface area contributed by atoms with Crippen molar-refractivity contribution in [3.63, 3.8) is 0 Å². The molecule has 7 heteroatoms. The second kappa shape index (κ2) is 5.56. The van der Waals surface area contributed by atoms with E-state index in [2.05, 4.69) is 0 Å². The minimum Gasteiger partial charge on any atom is -0.402 e. The lowest BCUT2D eigenvalue weighted by atomic mass is 9.71. The number of halogens is 1. The average Bonchev–Trinajstić information content (AvgIpc) is 2.83. The molecule has 0 aromatic heterocycles. The molecule has 2 fully saturated rings. The van der Waals surface area contributed by atoms with Crippen LogP contribution in [0.4, 0.5) is 4.39 Å². The van der Waals surface area contributed by atoms with Crippen LogP contribution >= 0.6 is 0 Å². The highest BCUT2D eigenvalue weighted by Crippen LogP contribution is 2.36. The molecular weight excluding hydrogens is 309 g/mol. The number of rotatable bonds is 2. The first-order chi connectivity index (χ1) is 10.9. The lowest BCUT2D eigenvalue weighted by Crippen LogP contribution is -2.42. The molecule has 2 heterocycles. The van der Waals surface area contributed by atoms with Crippen LogP contribution in [0.25, 0.3) is 0 Å². The summed E-state index contributed by atoms with van der Waals surface area (Å²) in [6, 6.07) is 4.82. The predicted molar refractivity (Wildman–Crippen MR) is 93.2 cm³/mol. The highest BCUT2D eigenvalue weighted by atomic mass is 19.1. The highest BCUT2D eigenvalue weighted by molar-refractivity contribution is 6.65. The van der Waals surface area contributed by atoms with Gasteiger partial charge in [-0.1, -0.05) is 12.1 Å². The van der Waals surface area contributed by atoms with E-state index >= 15 is 0 Å². The summed E-state index contributed by atoms with van der Waals surface area (Å²) >= 11 is 0. The fourth-order valence-electron chi connectivity index (χ4n) is 2.75. The van der Waals surface area contributed by atoms with Crippen LogP contribution in [0.15, 0.2) is 18.2 Å². The monoisotopic (exact) mass is 334 g/mol. The summed E-state index contributed by atoms with van der Waals surface area (Å²) in [5.74, 6) is -0.359. The van der Waals surface area contributed by atoms with Crippen LogP contribution in [-0.2, 0) is 18.6 Å². The Morgan fingerprint density at radius 1 is 0.917 bits per heavy atom. The zero-order valence-corrected chi connectivity index (χ0v) is 15.5. The standard InChI is InChI=1S/C17H25B2FO4/c1-11-15(2,3)22-18(21-11)12-8-9-14(20)13(10-12)19-23-16(4,5)17(6,7)24-19/h8-11H,1-7H3. The summed E-state index contributed by atoms with van der Waals surface area (Å²) in [4.78, 5) is 0. The van der Waals surface area contributed by atoms with Crippen LogP contribution in [0.5, 0.6) is 0 Å². The van der Waals surface area contributed by atoms with Crippen molar-refractivity contribution in [3.8, 4) is 0 Å². The molecule has 0 aliphatic carbocycles. The van der Waals surface area contributed by atoms with Crippen molar-refractivity contribution in [1.82, 2.24) is 0 Å². The van der Waals surface area contributed by atoms with Gasteiger partial charge in [0.25, 0.3) is 0 Å². The van der Waals surface area contributed by atoms with E-state index in [9.17, 15) is 4.39 Å². The molecule has 2 saturated heterocycles. The summed E-state index contributed by atoms with van der Waals surface area (Å²) in [5.41, 5.74) is -0.286. The molecule has 130 valence electrons. The van der Waals surface area contributed by atoms with E-state index < -0.39 is 25.4 Å². The third-order valence-corrected chi connectivity index (χ3v) is 5.52. The molecule has 3 rings (SSSR count). The van der Waals surface area contributed by atoms with Crippen molar-refractivity contribution >= 4 is 25.2 Å². The molecule has 0 saturated carbocycles. The van der Waals surface area contributed by atoms with Gasteiger partial charge >= 0.3 is 14.2 Å². The topological polar surface area (TPSA) is 36.9 Å². The third kappa shape index (κ3) is 2.92. The molecule has 0 N–H and O–H groups in total. The van der Waals surface area contributed by atoms with Gasteiger partial charge in [-0.2, -0.15) is 0 Å². The Hall–Kier alpha value is -0.880. The molecular formula is C17H25B2FO4. The number of hydrogen-bond acceptors (Lipinski definition) is 4. The van der Waals surface area contributed by atoms with Crippen LogP contribution in [0.3, 0.4) is 0 Å². The van der Waals surface area contributed by atoms with Gasteiger partial charge < -0.3 is 18.6 Å². The SMILES string of the molecule is CC1OB(c2ccc(F)c(B3OC(C)(C)C(C)(C)O3)c2)OC1(C)C. The van der Waals surface area contributed by atoms with Gasteiger partial charge in [-0.25, -0.2) is 4.39 Å². The van der Waals surface area contributed by atoms with Gasteiger partial charge in [0.15, 0.2) is 0 Å². The van der Waals surface area contributed by atoms with Gasteiger partial charge in [-0.15, -0.1) is 0 Å². The maximum absolute atomic E-state index is 14.4. The van der Waals surface area contributed by atoms with Crippen LogP contribution in [-0.4, -0.2) is 37.1 Å². The fourth-order valence-corrected chi connectivity index (χ4v) is 2.75. The van der Waals surface area contributed by atoms with Crippen molar-refractivity contribution in [2.24, 2.45) is 0 Å². The second-order valence-electron chi connectivity index (χ2n) is 8.20. The van der Waals surface area contributed by atoms with E-state index in [1.165, 1.54) is 6.07 Å². The molecule has 24 heavy (non-hydrogen) atoms. The molecule has 4 nitrogen and oxygen atoms in total. The summed E-state index contributed by atoms with van der Waals surface area (Å²) in [6.07, 6.45) is -0.0483. The van der Waals surface area contributed by atoms with Crippen molar-refractivity contribution in [1.29, 1.82) is 0 Å². The minimum atomic E-state index is -0.748. The minimum absolute atomic E-state index is 0.0483. The Balaban J connectivity index is 1.89. The summed E-state index contributed by atoms with van der Waals surface area (Å²) in [5, 5.41) is 0. The van der Waals surface area contributed by atoms with E-state index in [-0.39, 0.29) is 17.5 Å². The normalized spacial score (nSPS) is 27.8. The average molecular weight is 334 g/mol. The Kier molecular flexibility index (Phi) is 4.15. The molecule has 1 unspecified atom stereocenters. The molecule has 0 spiro atoms. The van der Waals surface area contributed by atoms with E-state index in [1.807, 2.05) is 48.5 Å². The third-order valence-electron chi connectivity index (χ3n) is 5.52. The maximum atomic E-state index is 14.4. The molecule has 1 aromatic rings. The van der Waals surface area contributed by atoms with Gasteiger partial charge in [0.2, 0.25) is 0 Å². The van der Waals surface area contributed by atoms with Gasteiger partial charge in [0, 0.05) is 5.46 Å². The zero-order valence-electron chi connectivity index (χ0n) is 15.5. The first-order valence-electron chi connectivity index (χ1n) is 8.41. The van der Waals surface area contributed by atoms with Crippen molar-refractivity contribution in [2.75, 3.05) is 0 Å². The van der Waals surface area contributed by atoms with E-state index in [1.54, 1.807) is 12.1 Å². The van der Waals surface area contributed by atoms with Gasteiger partial charge in [-0.05, 0) is 60.0 Å². The van der Waals surface area contributed by atoms with E-state index in [0.29, 0.717) is 5.46 Å². The molecule has 1 atom stereocenters. The molecule has 1 aromatic carbocycles. The first kappa shape index (κ1) is 17.9. The zero-order chi connectivity index (χ0) is 17.9. The van der Waals surface area contributed by atoms with Gasteiger partial charge in [0.05, 0.1) is 22.9 Å². The smallest absolute Gasteiger partial charge is 0.402 e. The summed E-state index contributed by atoms with van der Waals surface area (Å²) < 4.78 is 38.2. The molecule has 0 bridgehead atoms. The number of benzene rings is 1. The van der Waals surface area contributed by atoms with Gasteiger partial charge in [-0.3, -0.25) is 0 Å². The quantitative estimate of drug-likeness (QED) is 0.776. The Morgan fingerprint density at radius 2 is 1.50 bits per heavy atom. The van der Waals surface area contributed by atoms with Crippen LogP contribution in [0.1, 0.15) is 48.5 Å². The maximum Gasteiger partial charge on any atom is 0.497 e. The molecule has 2 aliphatic heterocycles. The van der Waals surface area contributed by atoms with Crippen LogP contribution in [0, 0.1) is 5.82 Å². The van der Waals surface area contributed by atoms with Crippen molar-refractivity contribution in [3.05, 3.63) is 24.0 Å². The van der Waals surface area contributed by atoms with Crippen LogP contribution in [0.2, 0.25) is 0 Å². The molecule has 0 radical (unpaired) electrons. The predicted octanol–water partition coefficient (Wildman–Crippen LogP) is 2.03. The van der Waals surface area contributed by atoms with E-state index in [0.717, 1.165) is 5.46 Å². The van der Waals surface area contributed by atoms with Crippen molar-refractivity contribution < 1.29 is 23.0 Å². The number of hydrogen-bond donors (Lipinski definition) is 0. The molecule has 0 amide bonds.